The van der Waals surface area contributed by atoms with Crippen molar-refractivity contribution in [3.8, 4) is 11.5 Å². The first-order valence-electron chi connectivity index (χ1n) is 9.85. The molecule has 1 aromatic carbocycles. The van der Waals surface area contributed by atoms with Gasteiger partial charge in [0.05, 0.1) is 14.2 Å². The van der Waals surface area contributed by atoms with Gasteiger partial charge in [0.15, 0.2) is 11.5 Å². The molecule has 0 aliphatic carbocycles. The third kappa shape index (κ3) is 5.75. The predicted octanol–water partition coefficient (Wildman–Crippen LogP) is 3.12. The van der Waals surface area contributed by atoms with E-state index in [0.717, 1.165) is 5.56 Å². The lowest BCUT2D eigenvalue weighted by molar-refractivity contribution is -0.132. The summed E-state index contributed by atoms with van der Waals surface area (Å²) in [5.74, 6) is 1.74. The Labute approximate surface area is 167 Å². The molecule has 1 N–H and O–H groups in total. The summed E-state index contributed by atoms with van der Waals surface area (Å²) < 4.78 is 10.5. The molecule has 2 rings (SSSR count). The number of ether oxygens (including phenoxy) is 2. The highest BCUT2D eigenvalue weighted by atomic mass is 16.5. The molecule has 0 bridgehead atoms. The summed E-state index contributed by atoms with van der Waals surface area (Å²) in [4.78, 5) is 26.6. The first-order chi connectivity index (χ1) is 13.3. The molecule has 1 aliphatic rings. The zero-order valence-electron chi connectivity index (χ0n) is 17.5. The van der Waals surface area contributed by atoms with Gasteiger partial charge < -0.3 is 19.7 Å². The van der Waals surface area contributed by atoms with Crippen molar-refractivity contribution in [2.75, 3.05) is 27.3 Å². The highest BCUT2D eigenvalue weighted by Gasteiger charge is 2.27. The number of likely N-dealkylation sites (tertiary alicyclic amines) is 1. The molecule has 0 aromatic heterocycles. The van der Waals surface area contributed by atoms with Gasteiger partial charge in [0.2, 0.25) is 11.8 Å². The Morgan fingerprint density at radius 3 is 2.32 bits per heavy atom. The maximum absolute atomic E-state index is 12.5. The van der Waals surface area contributed by atoms with Crippen LogP contribution in [0.5, 0.6) is 11.5 Å². The highest BCUT2D eigenvalue weighted by molar-refractivity contribution is 5.92. The Bertz CT molecular complexity index is 706. The zero-order valence-corrected chi connectivity index (χ0v) is 17.5. The van der Waals surface area contributed by atoms with Gasteiger partial charge in [0, 0.05) is 31.1 Å². The van der Waals surface area contributed by atoms with E-state index < -0.39 is 0 Å². The number of hydrogen-bond donors (Lipinski definition) is 1. The van der Waals surface area contributed by atoms with Crippen molar-refractivity contribution < 1.29 is 19.1 Å². The van der Waals surface area contributed by atoms with Crippen LogP contribution in [0.25, 0.3) is 6.08 Å². The average molecular weight is 389 g/mol. The van der Waals surface area contributed by atoms with Gasteiger partial charge in [-0.05, 0) is 49.5 Å². The molecule has 6 heteroatoms. The van der Waals surface area contributed by atoms with Crippen molar-refractivity contribution in [2.24, 2.45) is 11.8 Å². The van der Waals surface area contributed by atoms with Crippen LogP contribution in [-0.4, -0.2) is 50.1 Å². The van der Waals surface area contributed by atoms with Crippen LogP contribution in [0, 0.1) is 11.8 Å². The Morgan fingerprint density at radius 2 is 1.75 bits per heavy atom. The molecule has 1 unspecified atom stereocenters. The predicted molar refractivity (Wildman–Crippen MR) is 110 cm³/mol. The summed E-state index contributed by atoms with van der Waals surface area (Å²) in [6.45, 7) is 7.42. The van der Waals surface area contributed by atoms with Crippen LogP contribution < -0.4 is 14.8 Å². The quantitative estimate of drug-likeness (QED) is 0.729. The van der Waals surface area contributed by atoms with Crippen LogP contribution in [0.4, 0.5) is 0 Å². The molecule has 0 spiro atoms. The van der Waals surface area contributed by atoms with E-state index in [1.54, 1.807) is 31.3 Å². The molecule has 28 heavy (non-hydrogen) atoms. The van der Waals surface area contributed by atoms with Crippen molar-refractivity contribution in [1.82, 2.24) is 10.2 Å². The smallest absolute Gasteiger partial charge is 0.246 e. The number of carbonyl (C=O) groups is 2. The van der Waals surface area contributed by atoms with E-state index in [-0.39, 0.29) is 23.8 Å². The fourth-order valence-electron chi connectivity index (χ4n) is 3.10. The summed E-state index contributed by atoms with van der Waals surface area (Å²) in [7, 11) is 3.17. The summed E-state index contributed by atoms with van der Waals surface area (Å²) in [5.41, 5.74) is 0.864. The summed E-state index contributed by atoms with van der Waals surface area (Å²) >= 11 is 0. The molecular formula is C22H32N2O4. The maximum Gasteiger partial charge on any atom is 0.246 e. The molecule has 6 nitrogen and oxygen atoms in total. The van der Waals surface area contributed by atoms with Crippen LogP contribution in [0.3, 0.4) is 0 Å². The van der Waals surface area contributed by atoms with Crippen LogP contribution in [0.15, 0.2) is 24.3 Å². The van der Waals surface area contributed by atoms with E-state index in [0.29, 0.717) is 43.3 Å². The van der Waals surface area contributed by atoms with Gasteiger partial charge in [0.1, 0.15) is 0 Å². The number of nitrogens with zero attached hydrogens (tertiary/aromatic N) is 1. The monoisotopic (exact) mass is 388 g/mol. The van der Waals surface area contributed by atoms with Gasteiger partial charge in [-0.1, -0.05) is 19.9 Å². The standard InChI is InChI=1S/C22H32N2O4/c1-15(2)16(3)23-22(26)18-10-12-24(13-11-18)21(25)9-7-17-6-8-19(27-4)20(14-17)28-5/h6-9,14-16,18H,10-13H2,1-5H3,(H,23,26)/b9-7+. The SMILES string of the molecule is COc1ccc(/C=C/C(=O)N2CCC(C(=O)NC(C)C(C)C)CC2)cc1OC. The number of rotatable bonds is 7. The third-order valence-electron chi connectivity index (χ3n) is 5.37. The molecule has 154 valence electrons. The average Bonchev–Trinajstić information content (AvgIpc) is 2.71. The lowest BCUT2D eigenvalue weighted by atomic mass is 9.94. The summed E-state index contributed by atoms with van der Waals surface area (Å²) in [6.07, 6.45) is 4.75. The number of hydrogen-bond acceptors (Lipinski definition) is 4. The Hall–Kier alpha value is -2.50. The minimum Gasteiger partial charge on any atom is -0.493 e. The number of nitrogens with one attached hydrogen (secondary N) is 1. The molecule has 1 atom stereocenters. The number of piperidine rings is 1. The molecule has 1 aliphatic heterocycles. The van der Waals surface area contributed by atoms with E-state index in [1.807, 2.05) is 25.1 Å². The Kier molecular flexibility index (Phi) is 7.91. The van der Waals surface area contributed by atoms with Crippen LogP contribution in [0.1, 0.15) is 39.2 Å². The van der Waals surface area contributed by atoms with E-state index in [4.69, 9.17) is 9.47 Å². The topological polar surface area (TPSA) is 67.9 Å². The van der Waals surface area contributed by atoms with E-state index >= 15 is 0 Å². The summed E-state index contributed by atoms with van der Waals surface area (Å²) in [5, 5.41) is 3.08. The van der Waals surface area contributed by atoms with Crippen molar-refractivity contribution in [2.45, 2.75) is 39.7 Å². The molecule has 0 saturated carbocycles. The second-order valence-electron chi connectivity index (χ2n) is 7.59. The first-order valence-corrected chi connectivity index (χ1v) is 9.85. The van der Waals surface area contributed by atoms with E-state index in [1.165, 1.54) is 0 Å². The Morgan fingerprint density at radius 1 is 1.11 bits per heavy atom. The highest BCUT2D eigenvalue weighted by Crippen LogP contribution is 2.28. The fourth-order valence-corrected chi connectivity index (χ4v) is 3.10. The molecule has 1 saturated heterocycles. The second kappa shape index (κ2) is 10.2. The van der Waals surface area contributed by atoms with Gasteiger partial charge in [0.25, 0.3) is 0 Å². The number of benzene rings is 1. The van der Waals surface area contributed by atoms with Crippen molar-refractivity contribution in [3.63, 3.8) is 0 Å². The van der Waals surface area contributed by atoms with Gasteiger partial charge in [-0.3, -0.25) is 9.59 Å². The molecule has 1 fully saturated rings. The maximum atomic E-state index is 12.5. The van der Waals surface area contributed by atoms with Gasteiger partial charge >= 0.3 is 0 Å². The van der Waals surface area contributed by atoms with Crippen molar-refractivity contribution in [1.29, 1.82) is 0 Å². The number of carbonyl (C=O) groups excluding carboxylic acids is 2. The van der Waals surface area contributed by atoms with E-state index in [9.17, 15) is 9.59 Å². The normalized spacial score (nSPS) is 16.3. The number of amides is 2. The molecular weight excluding hydrogens is 356 g/mol. The first kappa shape index (κ1) is 21.8. The van der Waals surface area contributed by atoms with Crippen molar-refractivity contribution >= 4 is 17.9 Å². The van der Waals surface area contributed by atoms with Crippen molar-refractivity contribution in [3.05, 3.63) is 29.8 Å². The van der Waals surface area contributed by atoms with Crippen LogP contribution in [0.2, 0.25) is 0 Å². The minimum atomic E-state index is -0.0378. The third-order valence-corrected chi connectivity index (χ3v) is 5.37. The second-order valence-corrected chi connectivity index (χ2v) is 7.59. The van der Waals surface area contributed by atoms with E-state index in [2.05, 4.69) is 19.2 Å². The lowest BCUT2D eigenvalue weighted by Gasteiger charge is -2.31. The minimum absolute atomic E-state index is 0.0138. The van der Waals surface area contributed by atoms with Gasteiger partial charge in [-0.2, -0.15) is 0 Å². The van der Waals surface area contributed by atoms with Gasteiger partial charge in [-0.15, -0.1) is 0 Å². The van der Waals surface area contributed by atoms with Crippen LogP contribution >= 0.6 is 0 Å². The Balaban J connectivity index is 1.88. The summed E-state index contributed by atoms with van der Waals surface area (Å²) in [6, 6.07) is 5.68. The van der Waals surface area contributed by atoms with Gasteiger partial charge in [-0.25, -0.2) is 0 Å². The van der Waals surface area contributed by atoms with Crippen LogP contribution in [-0.2, 0) is 9.59 Å². The molecule has 1 heterocycles. The molecule has 1 aromatic rings. The largest absolute Gasteiger partial charge is 0.493 e. The lowest BCUT2D eigenvalue weighted by Crippen LogP contribution is -2.45. The number of methoxy groups -OCH3 is 2. The zero-order chi connectivity index (χ0) is 20.7. The molecule has 2 amide bonds. The molecule has 0 radical (unpaired) electrons. The fraction of sp³-hybridized carbons (Fsp3) is 0.545.